The van der Waals surface area contributed by atoms with Gasteiger partial charge < -0.3 is 17.7 Å². The maximum Gasteiger partial charge on any atom is 0.679 e. The summed E-state index contributed by atoms with van der Waals surface area (Å²) in [5.41, 5.74) is 0. The molecule has 0 aromatic heterocycles. The molecule has 0 aliphatic heterocycles. The molecule has 0 fully saturated rings. The lowest BCUT2D eigenvalue weighted by atomic mass is 10.1. The van der Waals surface area contributed by atoms with Crippen molar-refractivity contribution in [1.29, 1.82) is 0 Å². The Morgan fingerprint density at radius 2 is 1.32 bits per heavy atom. The van der Waals surface area contributed by atoms with Crippen molar-refractivity contribution in [1.82, 2.24) is 0 Å². The Kier molecular flexibility index (Phi) is 11.9. The fourth-order valence-corrected chi connectivity index (χ4v) is 4.05. The molecule has 4 nitrogen and oxygen atoms in total. The fourth-order valence-electron chi connectivity index (χ4n) is 1.92. The summed E-state index contributed by atoms with van der Waals surface area (Å²) < 4.78 is 23.1. The van der Waals surface area contributed by atoms with Crippen LogP contribution in [0.1, 0.15) is 66.7 Å². The van der Waals surface area contributed by atoms with E-state index >= 15 is 0 Å². The van der Waals surface area contributed by atoms with E-state index < -0.39 is 9.05 Å². The lowest BCUT2D eigenvalue weighted by Crippen LogP contribution is -2.51. The van der Waals surface area contributed by atoms with E-state index in [4.69, 9.17) is 17.7 Å². The van der Waals surface area contributed by atoms with Gasteiger partial charge in [-0.05, 0) is 34.1 Å². The summed E-state index contributed by atoms with van der Waals surface area (Å²) in [7, 11) is -2.93. The van der Waals surface area contributed by atoms with Crippen LogP contribution in [0.25, 0.3) is 0 Å². The third-order valence-electron chi connectivity index (χ3n) is 2.77. The van der Waals surface area contributed by atoms with E-state index in [2.05, 4.69) is 13.8 Å². The van der Waals surface area contributed by atoms with Crippen LogP contribution >= 0.6 is 0 Å². The zero-order valence-electron chi connectivity index (χ0n) is 13.4. The second kappa shape index (κ2) is 11.8. The molecule has 0 aromatic carbocycles. The van der Waals surface area contributed by atoms with E-state index in [-0.39, 0.29) is 6.10 Å². The van der Waals surface area contributed by atoms with Gasteiger partial charge in [0.25, 0.3) is 0 Å². The Hall–Kier alpha value is 0.0569. The van der Waals surface area contributed by atoms with Crippen LogP contribution in [0, 0.1) is 0 Å². The largest absolute Gasteiger partial charge is 0.679 e. The van der Waals surface area contributed by atoms with Crippen LogP contribution in [0.15, 0.2) is 0 Å². The molecule has 0 aromatic rings. The Bertz CT molecular complexity index is 185. The second-order valence-corrected chi connectivity index (χ2v) is 6.68. The fraction of sp³-hybridized carbons (Fsp3) is 1.00. The van der Waals surface area contributed by atoms with Crippen LogP contribution in [0.4, 0.5) is 0 Å². The summed E-state index contributed by atoms with van der Waals surface area (Å²) in [4.78, 5) is 0. The predicted molar refractivity (Wildman–Crippen MR) is 79.9 cm³/mol. The zero-order chi connectivity index (χ0) is 14.6. The van der Waals surface area contributed by atoms with E-state index in [1.807, 2.05) is 20.8 Å². The summed E-state index contributed by atoms with van der Waals surface area (Å²) in [6, 6.07) is 0. The van der Waals surface area contributed by atoms with Crippen LogP contribution in [0.5, 0.6) is 0 Å². The molecule has 0 aliphatic rings. The standard InChI is InChI=1S/C14H32O4Si/c1-6-10-11-12-13-14(5)18-19(15-7-2,16-8-3)17-9-4/h14H,6-13H2,1-5H3. The Morgan fingerprint density at radius 1 is 0.789 bits per heavy atom. The first kappa shape index (κ1) is 19.1. The second-order valence-electron chi connectivity index (χ2n) is 4.58. The minimum absolute atomic E-state index is 0.119. The molecule has 0 radical (unpaired) electrons. The molecular weight excluding hydrogens is 260 g/mol. The maximum absolute atomic E-state index is 6.01. The molecule has 5 heteroatoms. The van der Waals surface area contributed by atoms with Gasteiger partial charge in [-0.15, -0.1) is 0 Å². The average molecular weight is 292 g/mol. The molecule has 0 amide bonds. The van der Waals surface area contributed by atoms with Crippen molar-refractivity contribution in [3.8, 4) is 0 Å². The van der Waals surface area contributed by atoms with Crippen LogP contribution in [0.3, 0.4) is 0 Å². The molecule has 0 spiro atoms. The van der Waals surface area contributed by atoms with Crippen LogP contribution in [0.2, 0.25) is 0 Å². The van der Waals surface area contributed by atoms with Crippen molar-refractivity contribution in [3.63, 3.8) is 0 Å². The number of hydrogen-bond donors (Lipinski definition) is 0. The topological polar surface area (TPSA) is 36.9 Å². The maximum atomic E-state index is 6.01. The van der Waals surface area contributed by atoms with Crippen LogP contribution in [-0.4, -0.2) is 35.0 Å². The first-order chi connectivity index (χ1) is 9.14. The average Bonchev–Trinajstić information content (AvgIpc) is 2.35. The minimum Gasteiger partial charge on any atom is -0.351 e. The van der Waals surface area contributed by atoms with Crippen molar-refractivity contribution in [3.05, 3.63) is 0 Å². The smallest absolute Gasteiger partial charge is 0.351 e. The number of rotatable bonds is 13. The first-order valence-electron chi connectivity index (χ1n) is 7.73. The normalized spacial score (nSPS) is 13.7. The molecule has 0 saturated carbocycles. The van der Waals surface area contributed by atoms with Gasteiger partial charge in [0.05, 0.1) is 0 Å². The molecule has 0 rings (SSSR count). The molecule has 0 bridgehead atoms. The molecule has 19 heavy (non-hydrogen) atoms. The van der Waals surface area contributed by atoms with Gasteiger partial charge in [-0.25, -0.2) is 0 Å². The van der Waals surface area contributed by atoms with Crippen molar-refractivity contribution >= 4 is 9.05 Å². The number of unbranched alkanes of at least 4 members (excludes halogenated alkanes) is 3. The molecule has 0 saturated heterocycles. The lowest BCUT2D eigenvalue weighted by molar-refractivity contribution is -0.0480. The highest BCUT2D eigenvalue weighted by atomic mass is 28.4. The summed E-state index contributed by atoms with van der Waals surface area (Å²) in [6.07, 6.45) is 6.14. The van der Waals surface area contributed by atoms with Gasteiger partial charge in [0.15, 0.2) is 0 Å². The Morgan fingerprint density at radius 3 is 1.74 bits per heavy atom. The van der Waals surface area contributed by atoms with E-state index in [0.717, 1.165) is 6.42 Å². The minimum atomic E-state index is -2.93. The number of hydrogen-bond acceptors (Lipinski definition) is 4. The Balaban J connectivity index is 4.26. The predicted octanol–water partition coefficient (Wildman–Crippen LogP) is 3.91. The van der Waals surface area contributed by atoms with Gasteiger partial charge in [-0.1, -0.05) is 32.6 Å². The van der Waals surface area contributed by atoms with Crippen molar-refractivity contribution in [2.75, 3.05) is 19.8 Å². The van der Waals surface area contributed by atoms with E-state index in [0.29, 0.717) is 19.8 Å². The highest BCUT2D eigenvalue weighted by Crippen LogP contribution is 2.18. The third-order valence-corrected chi connectivity index (χ3v) is 5.39. The van der Waals surface area contributed by atoms with Gasteiger partial charge in [-0.3, -0.25) is 0 Å². The SMILES string of the molecule is CCCCCCC(C)O[Si](OCC)(OCC)OCC. The van der Waals surface area contributed by atoms with Gasteiger partial charge in [-0.2, -0.15) is 0 Å². The van der Waals surface area contributed by atoms with Crippen LogP contribution in [-0.2, 0) is 17.7 Å². The van der Waals surface area contributed by atoms with Crippen molar-refractivity contribution < 1.29 is 17.7 Å². The Labute approximate surface area is 120 Å². The van der Waals surface area contributed by atoms with Gasteiger partial charge in [0.1, 0.15) is 0 Å². The van der Waals surface area contributed by atoms with Crippen molar-refractivity contribution in [2.45, 2.75) is 72.8 Å². The monoisotopic (exact) mass is 292 g/mol. The van der Waals surface area contributed by atoms with Crippen LogP contribution < -0.4 is 0 Å². The highest BCUT2D eigenvalue weighted by molar-refractivity contribution is 6.53. The van der Waals surface area contributed by atoms with Gasteiger partial charge in [0.2, 0.25) is 0 Å². The molecule has 116 valence electrons. The molecule has 1 unspecified atom stereocenters. The summed E-state index contributed by atoms with van der Waals surface area (Å²) in [5, 5.41) is 0. The molecule has 1 atom stereocenters. The van der Waals surface area contributed by atoms with Gasteiger partial charge >= 0.3 is 9.05 Å². The zero-order valence-corrected chi connectivity index (χ0v) is 14.4. The molecule has 0 N–H and O–H groups in total. The third kappa shape index (κ3) is 8.76. The summed E-state index contributed by atoms with van der Waals surface area (Å²) >= 11 is 0. The van der Waals surface area contributed by atoms with Gasteiger partial charge in [0, 0.05) is 25.9 Å². The quantitative estimate of drug-likeness (QED) is 0.381. The molecule has 0 aliphatic carbocycles. The van der Waals surface area contributed by atoms with E-state index in [9.17, 15) is 0 Å². The molecule has 0 heterocycles. The van der Waals surface area contributed by atoms with E-state index in [1.54, 1.807) is 0 Å². The summed E-state index contributed by atoms with van der Waals surface area (Å²) in [6.45, 7) is 11.8. The highest BCUT2D eigenvalue weighted by Gasteiger charge is 2.46. The van der Waals surface area contributed by atoms with Crippen molar-refractivity contribution in [2.24, 2.45) is 0 Å². The lowest BCUT2D eigenvalue weighted by Gasteiger charge is -2.29. The first-order valence-corrected chi connectivity index (χ1v) is 9.37. The summed E-state index contributed by atoms with van der Waals surface area (Å²) in [5.74, 6) is 0. The molecular formula is C14H32O4Si. The van der Waals surface area contributed by atoms with E-state index in [1.165, 1.54) is 25.7 Å².